The molecule has 0 heterocycles. The summed E-state index contributed by atoms with van der Waals surface area (Å²) >= 11 is 0. The van der Waals surface area contributed by atoms with Crippen LogP contribution in [0.3, 0.4) is 0 Å². The van der Waals surface area contributed by atoms with Crippen molar-refractivity contribution in [1.29, 1.82) is 0 Å². The van der Waals surface area contributed by atoms with Crippen molar-refractivity contribution in [1.82, 2.24) is 0 Å². The molecule has 0 unspecified atom stereocenters. The van der Waals surface area contributed by atoms with E-state index in [0.29, 0.717) is 11.5 Å². The number of esters is 1. The monoisotopic (exact) mass is 270 g/mol. The van der Waals surface area contributed by atoms with Crippen molar-refractivity contribution in [2.24, 2.45) is 0 Å². The highest BCUT2D eigenvalue weighted by Gasteiger charge is 2.01. The summed E-state index contributed by atoms with van der Waals surface area (Å²) in [6.45, 7) is 1.37. The topological polar surface area (TPSA) is 35.5 Å². The summed E-state index contributed by atoms with van der Waals surface area (Å²) in [4.78, 5) is 10.8. The summed E-state index contributed by atoms with van der Waals surface area (Å²) in [7, 11) is 0. The Morgan fingerprint density at radius 1 is 0.850 bits per heavy atom. The molecule has 0 atom stereocenters. The zero-order valence-electron chi connectivity index (χ0n) is 11.5. The number of ether oxygens (including phenoxy) is 2. The highest BCUT2D eigenvalue weighted by molar-refractivity contribution is 5.69. The molecule has 0 spiro atoms. The van der Waals surface area contributed by atoms with Crippen LogP contribution in [0.2, 0.25) is 0 Å². The molecule has 1 fully saturated rings. The Kier molecular flexibility index (Phi) is 5.18. The lowest BCUT2D eigenvalue weighted by Gasteiger charge is -2.07. The third-order valence-electron chi connectivity index (χ3n) is 2.40. The molecule has 104 valence electrons. The van der Waals surface area contributed by atoms with Gasteiger partial charge in [0.1, 0.15) is 17.2 Å². The molecule has 2 aromatic carbocycles. The fraction of sp³-hybridized carbons (Fsp3) is 0.235. The maximum absolute atomic E-state index is 10.8. The van der Waals surface area contributed by atoms with E-state index in [-0.39, 0.29) is 5.97 Å². The number of rotatable bonds is 3. The zero-order valence-corrected chi connectivity index (χ0v) is 11.5. The minimum absolute atomic E-state index is 0.345. The lowest BCUT2D eigenvalue weighted by Crippen LogP contribution is -2.01. The van der Waals surface area contributed by atoms with Crippen LogP contribution < -0.4 is 9.47 Å². The third-order valence-corrected chi connectivity index (χ3v) is 2.40. The zero-order chi connectivity index (χ0) is 14.2. The van der Waals surface area contributed by atoms with Crippen molar-refractivity contribution in [3.8, 4) is 17.2 Å². The van der Waals surface area contributed by atoms with Crippen LogP contribution in [0.4, 0.5) is 0 Å². The molecule has 0 radical (unpaired) electrons. The molecule has 0 aromatic heterocycles. The largest absolute Gasteiger partial charge is 0.457 e. The maximum Gasteiger partial charge on any atom is 0.308 e. The number of carbonyl (C=O) groups excluding carboxylic acids is 1. The van der Waals surface area contributed by atoms with Crippen molar-refractivity contribution >= 4 is 5.97 Å². The minimum atomic E-state index is -0.345. The Bertz CT molecular complexity index is 544. The van der Waals surface area contributed by atoms with Crippen molar-refractivity contribution < 1.29 is 14.3 Å². The Morgan fingerprint density at radius 3 is 2.05 bits per heavy atom. The molecule has 0 N–H and O–H groups in total. The van der Waals surface area contributed by atoms with Gasteiger partial charge in [-0.2, -0.15) is 0 Å². The summed E-state index contributed by atoms with van der Waals surface area (Å²) in [5.41, 5.74) is 0. The highest BCUT2D eigenvalue weighted by atomic mass is 16.5. The van der Waals surface area contributed by atoms with E-state index in [1.807, 2.05) is 30.3 Å². The van der Waals surface area contributed by atoms with Crippen molar-refractivity contribution in [2.75, 3.05) is 0 Å². The predicted molar refractivity (Wildman–Crippen MR) is 78.1 cm³/mol. The van der Waals surface area contributed by atoms with Crippen molar-refractivity contribution in [3.05, 3.63) is 54.6 Å². The lowest BCUT2D eigenvalue weighted by molar-refractivity contribution is -0.131. The number of hydrogen-bond acceptors (Lipinski definition) is 3. The molecule has 0 saturated heterocycles. The van der Waals surface area contributed by atoms with E-state index in [2.05, 4.69) is 0 Å². The molecule has 1 aliphatic rings. The van der Waals surface area contributed by atoms with Gasteiger partial charge in [0.25, 0.3) is 0 Å². The van der Waals surface area contributed by atoms with Crippen LogP contribution in [0.1, 0.15) is 26.2 Å². The lowest BCUT2D eigenvalue weighted by atomic mass is 10.3. The van der Waals surface area contributed by atoms with Crippen LogP contribution in [0.25, 0.3) is 0 Å². The summed E-state index contributed by atoms with van der Waals surface area (Å²) in [6, 6.07) is 16.4. The molecule has 2 aromatic rings. The van der Waals surface area contributed by atoms with E-state index in [1.54, 1.807) is 24.3 Å². The first-order valence-corrected chi connectivity index (χ1v) is 6.75. The van der Waals surface area contributed by atoms with Gasteiger partial charge in [0.15, 0.2) is 0 Å². The number of carbonyl (C=O) groups is 1. The molecule has 3 nitrogen and oxygen atoms in total. The summed E-state index contributed by atoms with van der Waals surface area (Å²) in [5.74, 6) is 1.51. The average molecular weight is 270 g/mol. The van der Waals surface area contributed by atoms with E-state index >= 15 is 0 Å². The smallest absolute Gasteiger partial charge is 0.308 e. The van der Waals surface area contributed by atoms with E-state index in [4.69, 9.17) is 9.47 Å². The molecule has 3 heteroatoms. The highest BCUT2D eigenvalue weighted by Crippen LogP contribution is 2.24. The minimum Gasteiger partial charge on any atom is -0.457 e. The van der Waals surface area contributed by atoms with Crippen LogP contribution >= 0.6 is 0 Å². The summed E-state index contributed by atoms with van der Waals surface area (Å²) in [5, 5.41) is 0. The van der Waals surface area contributed by atoms with Gasteiger partial charge in [0.2, 0.25) is 0 Å². The normalized spacial score (nSPS) is 11.8. The first kappa shape index (κ1) is 14.1. The fourth-order valence-corrected chi connectivity index (χ4v) is 1.39. The molecule has 3 rings (SSSR count). The fourth-order valence-electron chi connectivity index (χ4n) is 1.39. The number of hydrogen-bond donors (Lipinski definition) is 0. The Labute approximate surface area is 119 Å². The van der Waals surface area contributed by atoms with Gasteiger partial charge in [-0.05, 0) is 24.3 Å². The second-order valence-corrected chi connectivity index (χ2v) is 4.54. The molecular formula is C17H18O3. The molecule has 1 saturated carbocycles. The van der Waals surface area contributed by atoms with Gasteiger partial charge in [-0.25, -0.2) is 0 Å². The predicted octanol–water partition coefficient (Wildman–Crippen LogP) is 4.57. The van der Waals surface area contributed by atoms with Crippen molar-refractivity contribution in [3.63, 3.8) is 0 Å². The molecule has 0 aliphatic heterocycles. The SMILES string of the molecule is C1CC1.CC(=O)Oc1cccc(Oc2ccccc2)c1. The van der Waals surface area contributed by atoms with Gasteiger partial charge in [-0.1, -0.05) is 43.5 Å². The second-order valence-electron chi connectivity index (χ2n) is 4.54. The molecule has 20 heavy (non-hydrogen) atoms. The summed E-state index contributed by atoms with van der Waals surface area (Å²) in [6.07, 6.45) is 4.50. The van der Waals surface area contributed by atoms with Crippen LogP contribution in [0.15, 0.2) is 54.6 Å². The Balaban J connectivity index is 0.000000432. The standard InChI is InChI=1S/C14H12O3.C3H6/c1-11(15)16-13-8-5-9-14(10-13)17-12-6-3-2-4-7-12;1-2-3-1/h2-10H,1H3;1-3H2. The van der Waals surface area contributed by atoms with Gasteiger partial charge in [0.05, 0.1) is 0 Å². The number of para-hydroxylation sites is 1. The first-order chi connectivity index (χ1) is 9.74. The van der Waals surface area contributed by atoms with Crippen LogP contribution in [0, 0.1) is 0 Å². The van der Waals surface area contributed by atoms with E-state index < -0.39 is 0 Å². The molecule has 0 bridgehead atoms. The van der Waals surface area contributed by atoms with Crippen LogP contribution in [0.5, 0.6) is 17.2 Å². The van der Waals surface area contributed by atoms with Crippen molar-refractivity contribution in [2.45, 2.75) is 26.2 Å². The average Bonchev–Trinajstić information content (AvgIpc) is 3.27. The molecule has 0 amide bonds. The Hall–Kier alpha value is -2.29. The van der Waals surface area contributed by atoms with Crippen LogP contribution in [-0.4, -0.2) is 5.97 Å². The Morgan fingerprint density at radius 2 is 1.45 bits per heavy atom. The van der Waals surface area contributed by atoms with Gasteiger partial charge in [-0.3, -0.25) is 4.79 Å². The number of benzene rings is 2. The third kappa shape index (κ3) is 5.57. The van der Waals surface area contributed by atoms with E-state index in [1.165, 1.54) is 26.2 Å². The molecular weight excluding hydrogens is 252 g/mol. The van der Waals surface area contributed by atoms with Gasteiger partial charge in [0, 0.05) is 13.0 Å². The van der Waals surface area contributed by atoms with E-state index in [0.717, 1.165) is 5.75 Å². The first-order valence-electron chi connectivity index (χ1n) is 6.75. The second kappa shape index (κ2) is 7.34. The van der Waals surface area contributed by atoms with E-state index in [9.17, 15) is 4.79 Å². The van der Waals surface area contributed by atoms with Gasteiger partial charge < -0.3 is 9.47 Å². The van der Waals surface area contributed by atoms with Gasteiger partial charge in [-0.15, -0.1) is 0 Å². The quantitative estimate of drug-likeness (QED) is 0.605. The van der Waals surface area contributed by atoms with Gasteiger partial charge >= 0.3 is 5.97 Å². The summed E-state index contributed by atoms with van der Waals surface area (Å²) < 4.78 is 10.6. The van der Waals surface area contributed by atoms with Crippen LogP contribution in [-0.2, 0) is 4.79 Å². The molecule has 1 aliphatic carbocycles. The maximum atomic E-state index is 10.8.